The summed E-state index contributed by atoms with van der Waals surface area (Å²) in [6.07, 6.45) is 1.93. The summed E-state index contributed by atoms with van der Waals surface area (Å²) in [5.74, 6) is -1.04. The molecule has 0 radical (unpaired) electrons. The van der Waals surface area contributed by atoms with E-state index in [9.17, 15) is 9.59 Å². The number of carbonyl (C=O) groups is 2. The van der Waals surface area contributed by atoms with Crippen molar-refractivity contribution in [2.45, 2.75) is 18.9 Å². The van der Waals surface area contributed by atoms with Crippen molar-refractivity contribution in [2.75, 3.05) is 11.9 Å². The van der Waals surface area contributed by atoms with E-state index in [4.69, 9.17) is 5.11 Å². The molecule has 0 bridgehead atoms. The SMILES string of the molecule is O=C(O)c1cccc(NC(=O)[C@@H]2CCC[NH2+]2)c1.[Cl-]. The van der Waals surface area contributed by atoms with Crippen LogP contribution in [-0.4, -0.2) is 29.6 Å². The predicted molar refractivity (Wildman–Crippen MR) is 61.8 cm³/mol. The van der Waals surface area contributed by atoms with Crippen LogP contribution in [0.3, 0.4) is 0 Å². The Hall–Kier alpha value is -1.59. The lowest BCUT2D eigenvalue weighted by atomic mass is 10.2. The molecule has 6 heteroatoms. The molecule has 1 aromatic carbocycles. The van der Waals surface area contributed by atoms with Gasteiger partial charge in [-0.25, -0.2) is 4.79 Å². The van der Waals surface area contributed by atoms with Gasteiger partial charge in [0.2, 0.25) is 0 Å². The van der Waals surface area contributed by atoms with E-state index in [0.717, 1.165) is 19.4 Å². The number of halogens is 1. The van der Waals surface area contributed by atoms with Gasteiger partial charge in [-0.05, 0) is 18.2 Å². The highest BCUT2D eigenvalue weighted by Gasteiger charge is 2.26. The van der Waals surface area contributed by atoms with Crippen LogP contribution in [0.15, 0.2) is 24.3 Å². The molecule has 4 N–H and O–H groups in total. The van der Waals surface area contributed by atoms with E-state index < -0.39 is 5.97 Å². The second-order valence-corrected chi connectivity index (χ2v) is 4.15. The number of rotatable bonds is 3. The first-order chi connectivity index (χ1) is 8.16. The lowest BCUT2D eigenvalue weighted by Crippen LogP contribution is -3.00. The molecule has 1 atom stereocenters. The molecule has 1 amide bonds. The van der Waals surface area contributed by atoms with Crippen LogP contribution >= 0.6 is 0 Å². The smallest absolute Gasteiger partial charge is 0.335 e. The van der Waals surface area contributed by atoms with Crippen molar-refractivity contribution in [1.82, 2.24) is 0 Å². The zero-order chi connectivity index (χ0) is 12.3. The summed E-state index contributed by atoms with van der Waals surface area (Å²) in [6.45, 7) is 0.979. The van der Waals surface area contributed by atoms with E-state index in [1.54, 1.807) is 12.1 Å². The van der Waals surface area contributed by atoms with Crippen molar-refractivity contribution < 1.29 is 32.4 Å². The molecule has 1 aliphatic heterocycles. The van der Waals surface area contributed by atoms with Crippen LogP contribution in [0.2, 0.25) is 0 Å². The van der Waals surface area contributed by atoms with Gasteiger partial charge in [-0.15, -0.1) is 0 Å². The van der Waals surface area contributed by atoms with Gasteiger partial charge in [-0.1, -0.05) is 6.07 Å². The molecule has 1 aliphatic rings. The maximum Gasteiger partial charge on any atom is 0.335 e. The fourth-order valence-electron chi connectivity index (χ4n) is 1.98. The minimum atomic E-state index is -0.992. The van der Waals surface area contributed by atoms with Gasteiger partial charge in [0, 0.05) is 18.5 Å². The van der Waals surface area contributed by atoms with Crippen LogP contribution in [-0.2, 0) is 4.79 Å². The average molecular weight is 271 g/mol. The molecule has 2 rings (SSSR count). The molecule has 0 spiro atoms. The van der Waals surface area contributed by atoms with Gasteiger partial charge in [-0.3, -0.25) is 4.79 Å². The van der Waals surface area contributed by atoms with E-state index in [2.05, 4.69) is 5.32 Å². The topological polar surface area (TPSA) is 83.0 Å². The number of amides is 1. The quantitative estimate of drug-likeness (QED) is 0.549. The molecular weight excluding hydrogens is 256 g/mol. The monoisotopic (exact) mass is 270 g/mol. The Morgan fingerprint density at radius 1 is 1.39 bits per heavy atom. The number of aromatic carboxylic acids is 1. The molecular formula is C12H15ClN2O3. The molecule has 0 aliphatic carbocycles. The molecule has 0 saturated carbocycles. The fourth-order valence-corrected chi connectivity index (χ4v) is 1.98. The van der Waals surface area contributed by atoms with Crippen molar-refractivity contribution >= 4 is 17.6 Å². The van der Waals surface area contributed by atoms with Gasteiger partial charge in [0.1, 0.15) is 0 Å². The maximum atomic E-state index is 11.8. The number of hydrogen-bond acceptors (Lipinski definition) is 2. The third-order valence-electron chi connectivity index (χ3n) is 2.88. The van der Waals surface area contributed by atoms with Crippen molar-refractivity contribution in [2.24, 2.45) is 0 Å². The Morgan fingerprint density at radius 3 is 2.78 bits per heavy atom. The third kappa shape index (κ3) is 3.45. The number of carboxylic acids is 1. The fraction of sp³-hybridized carbons (Fsp3) is 0.333. The van der Waals surface area contributed by atoms with E-state index >= 15 is 0 Å². The van der Waals surface area contributed by atoms with Gasteiger partial charge >= 0.3 is 5.97 Å². The molecule has 5 nitrogen and oxygen atoms in total. The number of carboxylic acid groups (broad SMARTS) is 1. The van der Waals surface area contributed by atoms with E-state index in [0.29, 0.717) is 5.69 Å². The van der Waals surface area contributed by atoms with E-state index in [-0.39, 0.29) is 29.9 Å². The summed E-state index contributed by atoms with van der Waals surface area (Å²) in [5.41, 5.74) is 0.716. The Kier molecular flexibility index (Phi) is 5.12. The maximum absolute atomic E-state index is 11.8. The summed E-state index contributed by atoms with van der Waals surface area (Å²) < 4.78 is 0. The van der Waals surface area contributed by atoms with Crippen LogP contribution in [0.5, 0.6) is 0 Å². The van der Waals surface area contributed by atoms with E-state index in [1.165, 1.54) is 12.1 Å². The molecule has 1 heterocycles. The van der Waals surface area contributed by atoms with E-state index in [1.807, 2.05) is 5.32 Å². The summed E-state index contributed by atoms with van der Waals surface area (Å²) >= 11 is 0. The first-order valence-electron chi connectivity index (χ1n) is 5.64. The van der Waals surface area contributed by atoms with Crippen LogP contribution in [0, 0.1) is 0 Å². The van der Waals surface area contributed by atoms with Crippen LogP contribution < -0.4 is 23.0 Å². The van der Waals surface area contributed by atoms with Gasteiger partial charge in [-0.2, -0.15) is 0 Å². The van der Waals surface area contributed by atoms with Gasteiger partial charge in [0.05, 0.1) is 12.1 Å². The summed E-state index contributed by atoms with van der Waals surface area (Å²) in [7, 11) is 0. The zero-order valence-corrected chi connectivity index (χ0v) is 10.5. The summed E-state index contributed by atoms with van der Waals surface area (Å²) in [6, 6.07) is 6.24. The minimum absolute atomic E-state index is 0. The molecule has 0 aromatic heterocycles. The first kappa shape index (κ1) is 14.5. The Labute approximate surface area is 111 Å². The second-order valence-electron chi connectivity index (χ2n) is 4.15. The zero-order valence-electron chi connectivity index (χ0n) is 9.73. The molecule has 1 aromatic rings. The normalized spacial score (nSPS) is 17.9. The van der Waals surface area contributed by atoms with Crippen molar-refractivity contribution in [3.05, 3.63) is 29.8 Å². The highest BCUT2D eigenvalue weighted by molar-refractivity contribution is 5.95. The lowest BCUT2D eigenvalue weighted by molar-refractivity contribution is -0.656. The molecule has 18 heavy (non-hydrogen) atoms. The highest BCUT2D eigenvalue weighted by atomic mass is 35.5. The number of benzene rings is 1. The number of anilines is 1. The van der Waals surface area contributed by atoms with Crippen molar-refractivity contribution in [3.8, 4) is 0 Å². The number of nitrogens with two attached hydrogens (primary N) is 1. The van der Waals surface area contributed by atoms with Gasteiger partial charge in [0.25, 0.3) is 5.91 Å². The Morgan fingerprint density at radius 2 is 2.17 bits per heavy atom. The lowest BCUT2D eigenvalue weighted by Gasteiger charge is -2.09. The highest BCUT2D eigenvalue weighted by Crippen LogP contribution is 2.11. The average Bonchev–Trinajstić information content (AvgIpc) is 2.82. The minimum Gasteiger partial charge on any atom is -1.00 e. The van der Waals surface area contributed by atoms with Crippen LogP contribution in [0.25, 0.3) is 0 Å². The summed E-state index contributed by atoms with van der Waals surface area (Å²) in [4.78, 5) is 22.6. The number of carbonyl (C=O) groups excluding carboxylic acids is 1. The third-order valence-corrected chi connectivity index (χ3v) is 2.88. The second kappa shape index (κ2) is 6.37. The number of hydrogen-bond donors (Lipinski definition) is 3. The standard InChI is InChI=1S/C12H14N2O3.ClH/c15-11(10-5-2-6-13-10)14-9-4-1-3-8(7-9)12(16)17;/h1,3-4,7,10,13H,2,5-6H2,(H,14,15)(H,16,17);1H/t10-;/m0./s1. The van der Waals surface area contributed by atoms with Gasteiger partial charge < -0.3 is 28.1 Å². The molecule has 1 fully saturated rings. The Bertz CT molecular complexity index is 445. The number of nitrogens with one attached hydrogen (secondary N) is 1. The predicted octanol–water partition coefficient (Wildman–Crippen LogP) is -2.95. The molecule has 1 saturated heterocycles. The molecule has 98 valence electrons. The van der Waals surface area contributed by atoms with Crippen molar-refractivity contribution in [3.63, 3.8) is 0 Å². The molecule has 0 unspecified atom stereocenters. The van der Waals surface area contributed by atoms with Crippen LogP contribution in [0.4, 0.5) is 5.69 Å². The van der Waals surface area contributed by atoms with Crippen molar-refractivity contribution in [1.29, 1.82) is 0 Å². The summed E-state index contributed by atoms with van der Waals surface area (Å²) in [5, 5.41) is 13.6. The number of quaternary nitrogens is 1. The largest absolute Gasteiger partial charge is 1.00 e. The van der Waals surface area contributed by atoms with Crippen LogP contribution in [0.1, 0.15) is 23.2 Å². The first-order valence-corrected chi connectivity index (χ1v) is 5.64. The van der Waals surface area contributed by atoms with Gasteiger partial charge in [0.15, 0.2) is 6.04 Å². The Balaban J connectivity index is 0.00000162.